The lowest BCUT2D eigenvalue weighted by Crippen LogP contribution is -2.45. The number of piperidine rings is 1. The van der Waals surface area contributed by atoms with E-state index in [0.29, 0.717) is 18.7 Å². The zero-order valence-corrected chi connectivity index (χ0v) is 15.2. The maximum Gasteiger partial charge on any atom is 0.253 e. The van der Waals surface area contributed by atoms with Gasteiger partial charge in [-0.2, -0.15) is 0 Å². The van der Waals surface area contributed by atoms with E-state index < -0.39 is 10.0 Å². The number of amides is 1. The second kappa shape index (κ2) is 9.33. The lowest BCUT2D eigenvalue weighted by Gasteiger charge is -2.30. The number of likely N-dealkylation sites (tertiary alicyclic amines) is 1. The number of ether oxygens (including phenoxy) is 1. The molecule has 7 nitrogen and oxygen atoms in total. The Morgan fingerprint density at radius 1 is 1.46 bits per heavy atom. The van der Waals surface area contributed by atoms with Crippen molar-refractivity contribution in [2.24, 2.45) is 5.73 Å². The molecule has 1 aliphatic heterocycles. The van der Waals surface area contributed by atoms with Gasteiger partial charge in [0.1, 0.15) is 0 Å². The number of halogens is 1. The van der Waals surface area contributed by atoms with Gasteiger partial charge in [-0.1, -0.05) is 6.07 Å². The first kappa shape index (κ1) is 20.9. The third kappa shape index (κ3) is 5.42. The average molecular weight is 378 g/mol. The molecule has 9 heteroatoms. The van der Waals surface area contributed by atoms with Crippen LogP contribution in [0.2, 0.25) is 0 Å². The summed E-state index contributed by atoms with van der Waals surface area (Å²) in [7, 11) is -2.16. The quantitative estimate of drug-likeness (QED) is 0.707. The van der Waals surface area contributed by atoms with E-state index in [1.54, 1.807) is 17.0 Å². The molecule has 1 fully saturated rings. The Morgan fingerprint density at radius 3 is 2.88 bits per heavy atom. The summed E-state index contributed by atoms with van der Waals surface area (Å²) in [5.74, 6) is -0.186. The van der Waals surface area contributed by atoms with Crippen LogP contribution < -0.4 is 10.5 Å². The molecule has 1 heterocycles. The van der Waals surface area contributed by atoms with E-state index in [1.807, 2.05) is 0 Å². The molecule has 1 saturated heterocycles. The molecule has 0 spiro atoms. The Labute approximate surface area is 149 Å². The lowest BCUT2D eigenvalue weighted by molar-refractivity contribution is 0.0708. The zero-order valence-electron chi connectivity index (χ0n) is 13.6. The van der Waals surface area contributed by atoms with Crippen LogP contribution in [0.3, 0.4) is 0 Å². The second-order valence-corrected chi connectivity index (χ2v) is 7.34. The number of hydrogen-bond acceptors (Lipinski definition) is 5. The Morgan fingerprint density at radius 2 is 2.21 bits per heavy atom. The number of benzene rings is 1. The predicted octanol–water partition coefficient (Wildman–Crippen LogP) is 0.596. The maximum absolute atomic E-state index is 12.5. The summed E-state index contributed by atoms with van der Waals surface area (Å²) in [5.41, 5.74) is 6.25. The molecule has 1 aromatic rings. The topological polar surface area (TPSA) is 102 Å². The highest BCUT2D eigenvalue weighted by Gasteiger charge is 2.23. The lowest BCUT2D eigenvalue weighted by atomic mass is 10.1. The summed E-state index contributed by atoms with van der Waals surface area (Å²) in [6.07, 6.45) is 1.77. The highest BCUT2D eigenvalue weighted by molar-refractivity contribution is 7.89. The number of carbonyl (C=O) groups is 1. The fraction of sp³-hybridized carbons (Fsp3) is 0.533. The zero-order chi connectivity index (χ0) is 16.9. The van der Waals surface area contributed by atoms with E-state index in [9.17, 15) is 13.2 Å². The van der Waals surface area contributed by atoms with Gasteiger partial charge in [-0.3, -0.25) is 4.79 Å². The highest BCUT2D eigenvalue weighted by atomic mass is 35.5. The van der Waals surface area contributed by atoms with Crippen LogP contribution in [0.5, 0.6) is 0 Å². The van der Waals surface area contributed by atoms with Crippen molar-refractivity contribution in [3.63, 3.8) is 0 Å². The smallest absolute Gasteiger partial charge is 0.253 e. The van der Waals surface area contributed by atoms with Gasteiger partial charge in [-0.05, 0) is 31.0 Å². The minimum atomic E-state index is -3.66. The summed E-state index contributed by atoms with van der Waals surface area (Å²) in [6.45, 7) is 1.61. The molecule has 0 aromatic heterocycles. The molecule has 2 rings (SSSR count). The number of methoxy groups -OCH3 is 1. The molecule has 1 unspecified atom stereocenters. The SMILES string of the molecule is COCCNS(=O)(=O)c1cccc(C(=O)N2CCCC(N)C2)c1.Cl. The molecule has 1 amide bonds. The van der Waals surface area contributed by atoms with Gasteiger partial charge in [0.25, 0.3) is 5.91 Å². The van der Waals surface area contributed by atoms with Gasteiger partial charge in [0.05, 0.1) is 11.5 Å². The van der Waals surface area contributed by atoms with Crippen molar-refractivity contribution in [1.82, 2.24) is 9.62 Å². The van der Waals surface area contributed by atoms with Crippen molar-refractivity contribution < 1.29 is 17.9 Å². The van der Waals surface area contributed by atoms with Crippen LogP contribution in [0.4, 0.5) is 0 Å². The second-order valence-electron chi connectivity index (χ2n) is 5.57. The van der Waals surface area contributed by atoms with Crippen LogP contribution in [-0.2, 0) is 14.8 Å². The number of nitrogens with one attached hydrogen (secondary N) is 1. The number of nitrogens with zero attached hydrogens (tertiary/aromatic N) is 1. The molecule has 1 aliphatic rings. The molecule has 0 aliphatic carbocycles. The molecule has 1 atom stereocenters. The van der Waals surface area contributed by atoms with Crippen LogP contribution in [0.15, 0.2) is 29.2 Å². The van der Waals surface area contributed by atoms with Gasteiger partial charge < -0.3 is 15.4 Å². The van der Waals surface area contributed by atoms with Crippen LogP contribution >= 0.6 is 12.4 Å². The first-order chi connectivity index (χ1) is 10.9. The van der Waals surface area contributed by atoms with Crippen molar-refractivity contribution >= 4 is 28.3 Å². The third-order valence-corrected chi connectivity index (χ3v) is 5.19. The molecular weight excluding hydrogens is 354 g/mol. The Hall–Kier alpha value is -1.19. The van der Waals surface area contributed by atoms with Crippen LogP contribution in [0.25, 0.3) is 0 Å². The van der Waals surface area contributed by atoms with E-state index in [2.05, 4.69) is 4.72 Å². The number of rotatable bonds is 6. The Balaban J connectivity index is 0.00000288. The molecule has 136 valence electrons. The van der Waals surface area contributed by atoms with Gasteiger partial charge in [-0.15, -0.1) is 12.4 Å². The molecule has 0 radical (unpaired) electrons. The third-order valence-electron chi connectivity index (χ3n) is 3.73. The van der Waals surface area contributed by atoms with Crippen molar-refractivity contribution in [2.45, 2.75) is 23.8 Å². The predicted molar refractivity (Wildman–Crippen MR) is 93.9 cm³/mol. The normalized spacial score (nSPS) is 18.1. The number of hydrogen-bond donors (Lipinski definition) is 2. The fourth-order valence-electron chi connectivity index (χ4n) is 2.53. The van der Waals surface area contributed by atoms with Crippen molar-refractivity contribution in [1.29, 1.82) is 0 Å². The first-order valence-corrected chi connectivity index (χ1v) is 9.06. The molecule has 3 N–H and O–H groups in total. The van der Waals surface area contributed by atoms with Crippen LogP contribution in [-0.4, -0.2) is 58.6 Å². The van der Waals surface area contributed by atoms with E-state index in [1.165, 1.54) is 19.2 Å². The average Bonchev–Trinajstić information content (AvgIpc) is 2.54. The van der Waals surface area contributed by atoms with E-state index >= 15 is 0 Å². The number of nitrogens with two attached hydrogens (primary N) is 1. The highest BCUT2D eigenvalue weighted by Crippen LogP contribution is 2.16. The van der Waals surface area contributed by atoms with Gasteiger partial charge in [0.15, 0.2) is 0 Å². The van der Waals surface area contributed by atoms with Gasteiger partial charge in [0.2, 0.25) is 10.0 Å². The standard InChI is InChI=1S/C15H23N3O4S.ClH/c1-22-9-7-17-23(20,21)14-6-2-4-12(10-14)15(19)18-8-3-5-13(16)11-18;/h2,4,6,10,13,17H,3,5,7-9,11,16H2,1H3;1H. The molecular formula is C15H24ClN3O4S. The monoisotopic (exact) mass is 377 g/mol. The summed E-state index contributed by atoms with van der Waals surface area (Å²) < 4.78 is 31.7. The van der Waals surface area contributed by atoms with Crippen LogP contribution in [0.1, 0.15) is 23.2 Å². The van der Waals surface area contributed by atoms with Gasteiger partial charge in [0, 0.05) is 38.3 Å². The van der Waals surface area contributed by atoms with Crippen LogP contribution in [0, 0.1) is 0 Å². The van der Waals surface area contributed by atoms with Crippen molar-refractivity contribution in [2.75, 3.05) is 33.4 Å². The largest absolute Gasteiger partial charge is 0.383 e. The molecule has 0 saturated carbocycles. The maximum atomic E-state index is 12.5. The Bertz CT molecular complexity index is 654. The first-order valence-electron chi connectivity index (χ1n) is 7.57. The van der Waals surface area contributed by atoms with Gasteiger partial charge in [-0.25, -0.2) is 13.1 Å². The van der Waals surface area contributed by atoms with Crippen molar-refractivity contribution in [3.05, 3.63) is 29.8 Å². The number of carbonyl (C=O) groups excluding carboxylic acids is 1. The summed E-state index contributed by atoms with van der Waals surface area (Å²) in [6, 6.07) is 6.04. The molecule has 24 heavy (non-hydrogen) atoms. The minimum Gasteiger partial charge on any atom is -0.383 e. The van der Waals surface area contributed by atoms with E-state index in [4.69, 9.17) is 10.5 Å². The Kier molecular flexibility index (Phi) is 8.11. The van der Waals surface area contributed by atoms with E-state index in [-0.39, 0.29) is 42.4 Å². The minimum absolute atomic E-state index is 0. The summed E-state index contributed by atoms with van der Waals surface area (Å²) in [4.78, 5) is 14.3. The molecule has 1 aromatic carbocycles. The van der Waals surface area contributed by atoms with Gasteiger partial charge >= 0.3 is 0 Å². The van der Waals surface area contributed by atoms with E-state index in [0.717, 1.165) is 12.8 Å². The summed E-state index contributed by atoms with van der Waals surface area (Å²) >= 11 is 0. The van der Waals surface area contributed by atoms with Crippen molar-refractivity contribution in [3.8, 4) is 0 Å². The molecule has 0 bridgehead atoms. The fourth-order valence-corrected chi connectivity index (χ4v) is 3.59. The number of sulfonamides is 1. The summed E-state index contributed by atoms with van der Waals surface area (Å²) in [5, 5.41) is 0.